The van der Waals surface area contributed by atoms with Crippen molar-refractivity contribution in [2.75, 3.05) is 18.2 Å². The maximum absolute atomic E-state index is 11.6. The molecule has 0 spiro atoms. The average molecular weight is 378 g/mol. The molecule has 0 aliphatic rings. The zero-order valence-corrected chi connectivity index (χ0v) is 15.5. The first-order valence-electron chi connectivity index (χ1n) is 7.64. The number of anilines is 2. The Bertz CT molecular complexity index is 844. The molecule has 2 rings (SSSR count). The Morgan fingerprint density at radius 2 is 2.04 bits per heavy atom. The SMILES string of the molecule is CCOC(=O)Oc1cnc(SC)nc1Nc1cc(C)c(C)cc1[N+](=O)[O-]. The number of ether oxygens (including phenoxy) is 2. The molecule has 0 unspecified atom stereocenters. The third-order valence-corrected chi connectivity index (χ3v) is 3.99. The van der Waals surface area contributed by atoms with Gasteiger partial charge in [-0.25, -0.2) is 14.8 Å². The predicted octanol–water partition coefficient (Wildman–Crippen LogP) is 4.00. The van der Waals surface area contributed by atoms with E-state index in [0.717, 1.165) is 11.1 Å². The van der Waals surface area contributed by atoms with Crippen molar-refractivity contribution in [1.82, 2.24) is 9.97 Å². The van der Waals surface area contributed by atoms with Gasteiger partial charge in [0.2, 0.25) is 0 Å². The molecule has 0 saturated carbocycles. The van der Waals surface area contributed by atoms with Crippen molar-refractivity contribution in [3.8, 4) is 5.75 Å². The summed E-state index contributed by atoms with van der Waals surface area (Å²) in [6.07, 6.45) is 2.18. The normalized spacial score (nSPS) is 10.3. The number of carbonyl (C=O) groups excluding carboxylic acids is 1. The van der Waals surface area contributed by atoms with Gasteiger partial charge >= 0.3 is 6.16 Å². The Kier molecular flexibility index (Phi) is 6.34. The lowest BCUT2D eigenvalue weighted by Crippen LogP contribution is -2.12. The molecule has 0 saturated heterocycles. The predicted molar refractivity (Wildman–Crippen MR) is 97.3 cm³/mol. The number of hydrogen-bond acceptors (Lipinski definition) is 9. The summed E-state index contributed by atoms with van der Waals surface area (Å²) < 4.78 is 9.83. The number of rotatable bonds is 6. The molecular weight excluding hydrogens is 360 g/mol. The molecule has 0 radical (unpaired) electrons. The second-order valence-corrected chi connectivity index (χ2v) is 5.96. The number of nitrogens with zero attached hydrogens (tertiary/aromatic N) is 3. The molecule has 0 fully saturated rings. The van der Waals surface area contributed by atoms with E-state index in [4.69, 9.17) is 9.47 Å². The summed E-state index contributed by atoms with van der Waals surface area (Å²) >= 11 is 1.28. The Morgan fingerprint density at radius 1 is 1.35 bits per heavy atom. The van der Waals surface area contributed by atoms with Crippen LogP contribution in [-0.4, -0.2) is 33.9 Å². The minimum atomic E-state index is -0.911. The van der Waals surface area contributed by atoms with Crippen LogP contribution >= 0.6 is 11.8 Å². The van der Waals surface area contributed by atoms with Crippen LogP contribution in [0.5, 0.6) is 5.75 Å². The maximum atomic E-state index is 11.6. The standard InChI is InChI=1S/C16H18N4O5S/c1-5-24-16(21)25-13-8-17-15(26-4)19-14(13)18-11-6-9(2)10(3)7-12(11)20(22)23/h6-8H,5H2,1-4H3,(H,17,18,19). The summed E-state index contributed by atoms with van der Waals surface area (Å²) in [7, 11) is 0. The number of thioether (sulfide) groups is 1. The van der Waals surface area contributed by atoms with Crippen LogP contribution in [0.15, 0.2) is 23.5 Å². The molecule has 0 atom stereocenters. The number of aryl methyl sites for hydroxylation is 2. The molecule has 10 heteroatoms. The van der Waals surface area contributed by atoms with E-state index in [1.54, 1.807) is 26.2 Å². The largest absolute Gasteiger partial charge is 0.514 e. The van der Waals surface area contributed by atoms with Crippen LogP contribution in [-0.2, 0) is 4.74 Å². The van der Waals surface area contributed by atoms with Gasteiger partial charge in [0.1, 0.15) is 5.69 Å². The van der Waals surface area contributed by atoms with E-state index in [1.165, 1.54) is 24.0 Å². The van der Waals surface area contributed by atoms with E-state index in [0.29, 0.717) is 5.16 Å². The first-order chi connectivity index (χ1) is 12.3. The third-order valence-electron chi connectivity index (χ3n) is 3.43. The van der Waals surface area contributed by atoms with Gasteiger partial charge < -0.3 is 14.8 Å². The van der Waals surface area contributed by atoms with Gasteiger partial charge in [-0.2, -0.15) is 0 Å². The Hall–Kier alpha value is -2.88. The van der Waals surface area contributed by atoms with Crippen molar-refractivity contribution in [3.05, 3.63) is 39.6 Å². The topological polar surface area (TPSA) is 116 Å². The van der Waals surface area contributed by atoms with E-state index in [2.05, 4.69) is 15.3 Å². The fourth-order valence-electron chi connectivity index (χ4n) is 2.03. The maximum Gasteiger partial charge on any atom is 0.514 e. The quantitative estimate of drug-likeness (QED) is 0.262. The first kappa shape index (κ1) is 19.4. The van der Waals surface area contributed by atoms with Gasteiger partial charge in [-0.05, 0) is 44.2 Å². The van der Waals surface area contributed by atoms with Gasteiger partial charge in [-0.3, -0.25) is 10.1 Å². The molecule has 1 aromatic carbocycles. The van der Waals surface area contributed by atoms with Gasteiger partial charge in [-0.1, -0.05) is 11.8 Å². The molecule has 1 N–H and O–H groups in total. The third kappa shape index (κ3) is 4.60. The summed E-state index contributed by atoms with van der Waals surface area (Å²) in [6.45, 7) is 5.42. The Labute approximate surface area is 154 Å². The Morgan fingerprint density at radius 3 is 2.65 bits per heavy atom. The van der Waals surface area contributed by atoms with Crippen LogP contribution < -0.4 is 10.1 Å². The lowest BCUT2D eigenvalue weighted by Gasteiger charge is -2.13. The molecule has 9 nitrogen and oxygen atoms in total. The molecule has 138 valence electrons. The highest BCUT2D eigenvalue weighted by atomic mass is 32.2. The number of nitro benzene ring substituents is 1. The van der Waals surface area contributed by atoms with E-state index in [9.17, 15) is 14.9 Å². The lowest BCUT2D eigenvalue weighted by molar-refractivity contribution is -0.384. The number of nitro groups is 1. The molecular formula is C16H18N4O5S. The fourth-order valence-corrected chi connectivity index (χ4v) is 2.37. The first-order valence-corrected chi connectivity index (χ1v) is 8.86. The van der Waals surface area contributed by atoms with E-state index >= 15 is 0 Å². The van der Waals surface area contributed by atoms with Crippen molar-refractivity contribution < 1.29 is 19.2 Å². The van der Waals surface area contributed by atoms with Gasteiger partial charge in [0, 0.05) is 6.07 Å². The number of aromatic nitrogens is 2. The summed E-state index contributed by atoms with van der Waals surface area (Å²) in [4.78, 5) is 30.8. The monoisotopic (exact) mass is 378 g/mol. The van der Waals surface area contributed by atoms with Crippen LogP contribution in [0.1, 0.15) is 18.1 Å². The highest BCUT2D eigenvalue weighted by molar-refractivity contribution is 7.98. The molecule has 0 aliphatic carbocycles. The van der Waals surface area contributed by atoms with Crippen LogP contribution in [0.4, 0.5) is 22.0 Å². The van der Waals surface area contributed by atoms with Crippen LogP contribution in [0.25, 0.3) is 0 Å². The highest BCUT2D eigenvalue weighted by Gasteiger charge is 2.20. The summed E-state index contributed by atoms with van der Waals surface area (Å²) in [5, 5.41) is 14.7. The van der Waals surface area contributed by atoms with Gasteiger partial charge in [0.05, 0.1) is 17.7 Å². The van der Waals surface area contributed by atoms with E-state index in [1.807, 2.05) is 6.92 Å². The van der Waals surface area contributed by atoms with Crippen LogP contribution in [0, 0.1) is 24.0 Å². The van der Waals surface area contributed by atoms with Gasteiger partial charge in [0.25, 0.3) is 5.69 Å². The fraction of sp³-hybridized carbons (Fsp3) is 0.312. The molecule has 0 amide bonds. The van der Waals surface area contributed by atoms with Crippen molar-refractivity contribution in [1.29, 1.82) is 0 Å². The number of benzene rings is 1. The van der Waals surface area contributed by atoms with Crippen molar-refractivity contribution in [3.63, 3.8) is 0 Å². The molecule has 0 aliphatic heterocycles. The van der Waals surface area contributed by atoms with Crippen molar-refractivity contribution in [2.24, 2.45) is 0 Å². The minimum Gasteiger partial charge on any atom is -0.434 e. The zero-order chi connectivity index (χ0) is 19.3. The molecule has 1 aromatic heterocycles. The van der Waals surface area contributed by atoms with Crippen LogP contribution in [0.2, 0.25) is 0 Å². The number of nitrogens with one attached hydrogen (secondary N) is 1. The summed E-state index contributed by atoms with van der Waals surface area (Å²) in [6, 6.07) is 3.11. The molecule has 1 heterocycles. The lowest BCUT2D eigenvalue weighted by atomic mass is 10.1. The molecule has 26 heavy (non-hydrogen) atoms. The highest BCUT2D eigenvalue weighted by Crippen LogP contribution is 2.33. The second-order valence-electron chi connectivity index (χ2n) is 5.19. The van der Waals surface area contributed by atoms with Crippen LogP contribution in [0.3, 0.4) is 0 Å². The van der Waals surface area contributed by atoms with Gasteiger partial charge in [-0.15, -0.1) is 0 Å². The average Bonchev–Trinajstić information content (AvgIpc) is 2.59. The minimum absolute atomic E-state index is 0.00813. The van der Waals surface area contributed by atoms with Gasteiger partial charge in [0.15, 0.2) is 16.7 Å². The van der Waals surface area contributed by atoms with E-state index < -0.39 is 11.1 Å². The smallest absolute Gasteiger partial charge is 0.434 e. The summed E-state index contributed by atoms with van der Waals surface area (Å²) in [5.74, 6) is 0.137. The number of hydrogen-bond donors (Lipinski definition) is 1. The zero-order valence-electron chi connectivity index (χ0n) is 14.7. The van der Waals surface area contributed by atoms with E-state index in [-0.39, 0.29) is 29.5 Å². The molecule has 0 bridgehead atoms. The van der Waals surface area contributed by atoms with Crippen molar-refractivity contribution in [2.45, 2.75) is 25.9 Å². The van der Waals surface area contributed by atoms with Crippen molar-refractivity contribution >= 4 is 35.1 Å². The molecule has 2 aromatic rings. The second kappa shape index (κ2) is 8.48. The Balaban J connectivity index is 2.46. The number of carbonyl (C=O) groups is 1. The summed E-state index contributed by atoms with van der Waals surface area (Å²) in [5.41, 5.74) is 1.78.